The zero-order valence-corrected chi connectivity index (χ0v) is 7.92. The second-order valence-electron chi connectivity index (χ2n) is 3.22. The fourth-order valence-corrected chi connectivity index (χ4v) is 1.61. The van der Waals surface area contributed by atoms with Gasteiger partial charge in [0, 0.05) is 11.8 Å². The van der Waals surface area contributed by atoms with Crippen LogP contribution in [-0.2, 0) is 0 Å². The largest absolute Gasteiger partial charge is 0.443 e. The number of pyridine rings is 1. The van der Waals surface area contributed by atoms with Crippen LogP contribution in [0.3, 0.4) is 0 Å². The molecule has 0 unspecified atom stereocenters. The Kier molecular flexibility index (Phi) is 1.75. The van der Waals surface area contributed by atoms with Crippen molar-refractivity contribution in [1.82, 2.24) is 9.97 Å². The highest BCUT2D eigenvalue weighted by Gasteiger charge is 2.07. The smallest absolute Gasteiger partial charge is 0.182 e. The molecule has 1 aromatic carbocycles. The van der Waals surface area contributed by atoms with E-state index in [1.165, 1.54) is 6.39 Å². The number of rotatable bonds is 1. The van der Waals surface area contributed by atoms with E-state index in [0.29, 0.717) is 0 Å². The first-order valence-corrected chi connectivity index (χ1v) is 4.69. The lowest BCUT2D eigenvalue weighted by Crippen LogP contribution is -1.82. The fourth-order valence-electron chi connectivity index (χ4n) is 1.61. The summed E-state index contributed by atoms with van der Waals surface area (Å²) in [5.41, 5.74) is 3.53. The molecule has 0 fully saturated rings. The molecule has 0 saturated carbocycles. The van der Waals surface area contributed by atoms with E-state index >= 15 is 0 Å². The first-order valence-electron chi connectivity index (χ1n) is 4.69. The van der Waals surface area contributed by atoms with Gasteiger partial charge in [-0.25, -0.2) is 4.98 Å². The molecule has 0 aliphatic carbocycles. The third-order valence-electron chi connectivity index (χ3n) is 2.30. The zero-order valence-electron chi connectivity index (χ0n) is 7.92. The van der Waals surface area contributed by atoms with Gasteiger partial charge in [0.25, 0.3) is 0 Å². The third kappa shape index (κ3) is 1.29. The summed E-state index contributed by atoms with van der Waals surface area (Å²) in [6, 6.07) is 11.7. The second kappa shape index (κ2) is 3.20. The molecule has 0 atom stereocenters. The Morgan fingerprint density at radius 1 is 0.933 bits per heavy atom. The molecule has 0 radical (unpaired) electrons. The molecule has 3 aromatic rings. The van der Waals surface area contributed by atoms with Crippen LogP contribution in [0.1, 0.15) is 0 Å². The van der Waals surface area contributed by atoms with Crippen molar-refractivity contribution in [1.29, 1.82) is 0 Å². The SMILES string of the molecule is c1ccc(-c2cccc3ncoc23)nc1. The molecule has 0 bridgehead atoms. The maximum atomic E-state index is 5.35. The predicted octanol–water partition coefficient (Wildman–Crippen LogP) is 2.89. The first-order chi connectivity index (χ1) is 7.45. The van der Waals surface area contributed by atoms with Crippen molar-refractivity contribution < 1.29 is 4.42 Å². The van der Waals surface area contributed by atoms with Crippen molar-refractivity contribution in [3.05, 3.63) is 49.0 Å². The molecule has 3 nitrogen and oxygen atoms in total. The molecular formula is C12H8N2O. The molecule has 3 rings (SSSR count). The van der Waals surface area contributed by atoms with Gasteiger partial charge in [0.2, 0.25) is 0 Å². The van der Waals surface area contributed by atoms with E-state index in [9.17, 15) is 0 Å². The van der Waals surface area contributed by atoms with Crippen molar-refractivity contribution in [2.75, 3.05) is 0 Å². The lowest BCUT2D eigenvalue weighted by Gasteiger charge is -1.99. The topological polar surface area (TPSA) is 38.9 Å². The minimum Gasteiger partial charge on any atom is -0.443 e. The molecule has 0 aliphatic rings. The quantitative estimate of drug-likeness (QED) is 0.600. The van der Waals surface area contributed by atoms with E-state index in [1.54, 1.807) is 6.20 Å². The second-order valence-corrected chi connectivity index (χ2v) is 3.22. The Morgan fingerprint density at radius 2 is 1.93 bits per heavy atom. The van der Waals surface area contributed by atoms with Gasteiger partial charge in [-0.05, 0) is 24.3 Å². The lowest BCUT2D eigenvalue weighted by atomic mass is 10.1. The molecule has 0 aliphatic heterocycles. The van der Waals surface area contributed by atoms with E-state index < -0.39 is 0 Å². The summed E-state index contributed by atoms with van der Waals surface area (Å²) in [6.45, 7) is 0. The van der Waals surface area contributed by atoms with Gasteiger partial charge in [-0.15, -0.1) is 0 Å². The highest BCUT2D eigenvalue weighted by molar-refractivity contribution is 5.88. The van der Waals surface area contributed by atoms with Gasteiger partial charge in [-0.2, -0.15) is 0 Å². The van der Waals surface area contributed by atoms with Gasteiger partial charge >= 0.3 is 0 Å². The van der Waals surface area contributed by atoms with Gasteiger partial charge in [0.15, 0.2) is 12.0 Å². The summed E-state index contributed by atoms with van der Waals surface area (Å²) in [4.78, 5) is 8.40. The van der Waals surface area contributed by atoms with Crippen LogP contribution in [0.2, 0.25) is 0 Å². The van der Waals surface area contributed by atoms with Gasteiger partial charge in [-0.3, -0.25) is 4.98 Å². The van der Waals surface area contributed by atoms with E-state index in [-0.39, 0.29) is 0 Å². The normalized spacial score (nSPS) is 10.7. The minimum atomic E-state index is 0.788. The summed E-state index contributed by atoms with van der Waals surface area (Å²) >= 11 is 0. The molecule has 72 valence electrons. The maximum Gasteiger partial charge on any atom is 0.182 e. The molecule has 0 saturated heterocycles. The van der Waals surface area contributed by atoms with Crippen molar-refractivity contribution >= 4 is 11.1 Å². The van der Waals surface area contributed by atoms with E-state index in [4.69, 9.17) is 4.42 Å². The molecule has 3 heteroatoms. The molecular weight excluding hydrogens is 188 g/mol. The Hall–Kier alpha value is -2.16. The lowest BCUT2D eigenvalue weighted by molar-refractivity contribution is 0.603. The number of hydrogen-bond donors (Lipinski definition) is 0. The number of oxazole rings is 1. The van der Waals surface area contributed by atoms with Crippen molar-refractivity contribution in [2.45, 2.75) is 0 Å². The number of fused-ring (bicyclic) bond motifs is 1. The molecule has 0 N–H and O–H groups in total. The van der Waals surface area contributed by atoms with Crippen LogP contribution in [0.5, 0.6) is 0 Å². The van der Waals surface area contributed by atoms with Crippen LogP contribution < -0.4 is 0 Å². The summed E-state index contributed by atoms with van der Waals surface area (Å²) in [6.07, 6.45) is 3.22. The highest BCUT2D eigenvalue weighted by Crippen LogP contribution is 2.25. The van der Waals surface area contributed by atoms with Crippen molar-refractivity contribution in [3.63, 3.8) is 0 Å². The van der Waals surface area contributed by atoms with Gasteiger partial charge in [0.1, 0.15) is 5.52 Å². The standard InChI is InChI=1S/C12H8N2O/c1-2-7-13-10(5-1)9-4-3-6-11-12(9)15-8-14-11/h1-8H. The average Bonchev–Trinajstić information content (AvgIpc) is 2.78. The Bertz CT molecular complexity index is 587. The average molecular weight is 196 g/mol. The maximum absolute atomic E-state index is 5.35. The molecule has 2 heterocycles. The van der Waals surface area contributed by atoms with E-state index in [2.05, 4.69) is 9.97 Å². The van der Waals surface area contributed by atoms with Gasteiger partial charge in [0.05, 0.1) is 5.69 Å². The van der Waals surface area contributed by atoms with Crippen molar-refractivity contribution in [2.24, 2.45) is 0 Å². The Labute approximate surface area is 86.4 Å². The zero-order chi connectivity index (χ0) is 10.1. The molecule has 2 aromatic heterocycles. The molecule has 0 amide bonds. The number of hydrogen-bond acceptors (Lipinski definition) is 3. The Morgan fingerprint density at radius 3 is 2.80 bits per heavy atom. The fraction of sp³-hybridized carbons (Fsp3) is 0. The Balaban J connectivity index is 2.31. The van der Waals surface area contributed by atoms with Gasteiger partial charge < -0.3 is 4.42 Å². The number of para-hydroxylation sites is 1. The van der Waals surface area contributed by atoms with Gasteiger partial charge in [-0.1, -0.05) is 12.1 Å². The first kappa shape index (κ1) is 8.17. The van der Waals surface area contributed by atoms with Crippen LogP contribution in [0.25, 0.3) is 22.4 Å². The number of benzene rings is 1. The molecule has 0 spiro atoms. The van der Waals surface area contributed by atoms with Crippen molar-refractivity contribution in [3.8, 4) is 11.3 Å². The van der Waals surface area contributed by atoms with Crippen LogP contribution in [-0.4, -0.2) is 9.97 Å². The van der Waals surface area contributed by atoms with Crippen LogP contribution in [0.4, 0.5) is 0 Å². The summed E-state index contributed by atoms with van der Waals surface area (Å²) in [5.74, 6) is 0. The van der Waals surface area contributed by atoms with E-state index in [0.717, 1.165) is 22.4 Å². The highest BCUT2D eigenvalue weighted by atomic mass is 16.3. The van der Waals surface area contributed by atoms with Crippen LogP contribution in [0.15, 0.2) is 53.4 Å². The summed E-state index contributed by atoms with van der Waals surface area (Å²) < 4.78 is 5.35. The monoisotopic (exact) mass is 196 g/mol. The minimum absolute atomic E-state index is 0.788. The molecule has 15 heavy (non-hydrogen) atoms. The summed E-state index contributed by atoms with van der Waals surface area (Å²) in [7, 11) is 0. The number of aromatic nitrogens is 2. The van der Waals surface area contributed by atoms with E-state index in [1.807, 2.05) is 36.4 Å². The number of nitrogens with zero attached hydrogens (tertiary/aromatic N) is 2. The van der Waals surface area contributed by atoms with Crippen LogP contribution >= 0.6 is 0 Å². The van der Waals surface area contributed by atoms with Crippen LogP contribution in [0, 0.1) is 0 Å². The summed E-state index contributed by atoms with van der Waals surface area (Å²) in [5, 5.41) is 0. The predicted molar refractivity (Wildman–Crippen MR) is 57.2 cm³/mol. The third-order valence-corrected chi connectivity index (χ3v) is 2.30.